The Morgan fingerprint density at radius 3 is 1.55 bits per heavy atom. The van der Waals surface area contributed by atoms with E-state index in [0.717, 1.165) is 56.1 Å². The summed E-state index contributed by atoms with van der Waals surface area (Å²) in [5.74, 6) is 0. The van der Waals surface area contributed by atoms with E-state index in [0.29, 0.717) is 0 Å². The van der Waals surface area contributed by atoms with Gasteiger partial charge in [0.1, 0.15) is 0 Å². The molecule has 1 aromatic heterocycles. The molecule has 2 heteroatoms. The van der Waals surface area contributed by atoms with Crippen LogP contribution in [0, 0.1) is 0 Å². The normalized spacial score (nSPS) is 11.2. The zero-order valence-electron chi connectivity index (χ0n) is 30.8. The minimum Gasteiger partial charge on any atom is -0.309 e. The molecule has 0 atom stereocenters. The molecular weight excluding hydrogens is 677 g/mol. The van der Waals surface area contributed by atoms with Crippen molar-refractivity contribution in [3.05, 3.63) is 231 Å². The van der Waals surface area contributed by atoms with Gasteiger partial charge in [-0.3, -0.25) is 0 Å². The molecule has 0 fully saturated rings. The molecule has 0 unspecified atom stereocenters. The summed E-state index contributed by atoms with van der Waals surface area (Å²) in [4.78, 5) is 2.48. The van der Waals surface area contributed by atoms with Gasteiger partial charge in [0.2, 0.25) is 0 Å². The Kier molecular flexibility index (Phi) is 8.55. The molecular formula is C54H38N2. The van der Waals surface area contributed by atoms with Crippen LogP contribution in [0.1, 0.15) is 0 Å². The van der Waals surface area contributed by atoms with E-state index in [9.17, 15) is 0 Å². The van der Waals surface area contributed by atoms with E-state index in [2.05, 4.69) is 240 Å². The third kappa shape index (κ3) is 6.04. The lowest BCUT2D eigenvalue weighted by atomic mass is 9.94. The Hall–Kier alpha value is -7.42. The van der Waals surface area contributed by atoms with Crippen LogP contribution in [0.4, 0.5) is 17.1 Å². The average Bonchev–Trinajstić information content (AvgIpc) is 3.61. The molecule has 0 saturated heterocycles. The van der Waals surface area contributed by atoms with Gasteiger partial charge in [0, 0.05) is 33.3 Å². The van der Waals surface area contributed by atoms with Crippen molar-refractivity contribution in [3.63, 3.8) is 0 Å². The van der Waals surface area contributed by atoms with E-state index in [1.165, 1.54) is 33.0 Å². The van der Waals surface area contributed by atoms with Crippen molar-refractivity contribution >= 4 is 38.9 Å². The molecule has 264 valence electrons. The van der Waals surface area contributed by atoms with Crippen LogP contribution in [0.15, 0.2) is 231 Å². The SMILES string of the molecule is c1ccc(-c2cccc(-c3ccccc3N(c3ccc4c5ccccc5n(-c5ccccc5)c4c3)c3cc(-c4ccccc4)ccc3-c3ccccc3)c2)cc1. The molecule has 0 bridgehead atoms. The molecule has 0 N–H and O–H groups in total. The number of hydrogen-bond donors (Lipinski definition) is 0. The number of benzene rings is 9. The smallest absolute Gasteiger partial charge is 0.0561 e. The minimum absolute atomic E-state index is 1.08. The van der Waals surface area contributed by atoms with Crippen molar-refractivity contribution in [3.8, 4) is 50.2 Å². The molecule has 0 radical (unpaired) electrons. The second-order valence-electron chi connectivity index (χ2n) is 14.2. The largest absolute Gasteiger partial charge is 0.309 e. The fourth-order valence-electron chi connectivity index (χ4n) is 8.16. The highest BCUT2D eigenvalue weighted by atomic mass is 15.1. The summed E-state index contributed by atoms with van der Waals surface area (Å²) in [5.41, 5.74) is 16.1. The van der Waals surface area contributed by atoms with Crippen LogP contribution in [0.3, 0.4) is 0 Å². The topological polar surface area (TPSA) is 8.17 Å². The van der Waals surface area contributed by atoms with Crippen molar-refractivity contribution in [1.82, 2.24) is 4.57 Å². The van der Waals surface area contributed by atoms with Gasteiger partial charge in [0.25, 0.3) is 0 Å². The van der Waals surface area contributed by atoms with E-state index in [1.54, 1.807) is 0 Å². The fourth-order valence-corrected chi connectivity index (χ4v) is 8.16. The lowest BCUT2D eigenvalue weighted by Crippen LogP contribution is -2.13. The van der Waals surface area contributed by atoms with E-state index in [1.807, 2.05) is 0 Å². The number of hydrogen-bond acceptors (Lipinski definition) is 1. The second kappa shape index (κ2) is 14.4. The maximum Gasteiger partial charge on any atom is 0.0561 e. The van der Waals surface area contributed by atoms with Gasteiger partial charge < -0.3 is 9.47 Å². The van der Waals surface area contributed by atoms with Crippen LogP contribution in [-0.4, -0.2) is 4.57 Å². The van der Waals surface area contributed by atoms with E-state index in [4.69, 9.17) is 0 Å². The quantitative estimate of drug-likeness (QED) is 0.152. The van der Waals surface area contributed by atoms with Crippen LogP contribution < -0.4 is 4.90 Å². The van der Waals surface area contributed by atoms with Gasteiger partial charge in [0.15, 0.2) is 0 Å². The van der Waals surface area contributed by atoms with E-state index in [-0.39, 0.29) is 0 Å². The first-order valence-corrected chi connectivity index (χ1v) is 19.2. The molecule has 56 heavy (non-hydrogen) atoms. The Bertz CT molecular complexity index is 2950. The van der Waals surface area contributed by atoms with Crippen LogP contribution in [0.5, 0.6) is 0 Å². The lowest BCUT2D eigenvalue weighted by Gasteiger charge is -2.30. The standard InChI is InChI=1S/C54H38N2/c1-5-18-39(19-6-1)42-24-17-25-44(36-42)47-28-13-15-30-51(47)56(53-37-43(40-20-7-2-8-21-40)32-34-48(53)41-22-9-3-10-23-41)46-33-35-50-49-29-14-16-31-52(49)55(54(50)38-46)45-26-11-4-12-27-45/h1-38H. The maximum atomic E-state index is 2.48. The fraction of sp³-hybridized carbons (Fsp3) is 0. The first-order valence-electron chi connectivity index (χ1n) is 19.2. The summed E-state index contributed by atoms with van der Waals surface area (Å²) in [7, 11) is 0. The molecule has 1 heterocycles. The van der Waals surface area contributed by atoms with E-state index >= 15 is 0 Å². The zero-order chi connectivity index (χ0) is 37.3. The van der Waals surface area contributed by atoms with Crippen LogP contribution in [-0.2, 0) is 0 Å². The highest BCUT2D eigenvalue weighted by Crippen LogP contribution is 2.47. The third-order valence-electron chi connectivity index (χ3n) is 10.8. The van der Waals surface area contributed by atoms with Crippen molar-refractivity contribution in [2.45, 2.75) is 0 Å². The Labute approximate surface area is 327 Å². The van der Waals surface area contributed by atoms with Crippen molar-refractivity contribution in [2.24, 2.45) is 0 Å². The number of anilines is 3. The number of rotatable bonds is 8. The number of fused-ring (bicyclic) bond motifs is 3. The first-order chi connectivity index (χ1) is 27.8. The average molecular weight is 715 g/mol. The molecule has 10 aromatic rings. The number of aromatic nitrogens is 1. The van der Waals surface area contributed by atoms with Gasteiger partial charge in [-0.1, -0.05) is 182 Å². The molecule has 0 aliphatic carbocycles. The summed E-state index contributed by atoms with van der Waals surface area (Å²) >= 11 is 0. The molecule has 0 amide bonds. The minimum atomic E-state index is 1.08. The molecule has 9 aromatic carbocycles. The van der Waals surface area contributed by atoms with Gasteiger partial charge in [-0.2, -0.15) is 0 Å². The van der Waals surface area contributed by atoms with Gasteiger partial charge in [-0.05, 0) is 81.9 Å². The number of nitrogens with zero attached hydrogens (tertiary/aromatic N) is 2. The third-order valence-corrected chi connectivity index (χ3v) is 10.8. The summed E-state index contributed by atoms with van der Waals surface area (Å²) in [6.45, 7) is 0. The molecule has 0 saturated carbocycles. The van der Waals surface area contributed by atoms with Gasteiger partial charge in [-0.25, -0.2) is 0 Å². The van der Waals surface area contributed by atoms with Gasteiger partial charge in [-0.15, -0.1) is 0 Å². The number of para-hydroxylation sites is 3. The van der Waals surface area contributed by atoms with E-state index < -0.39 is 0 Å². The van der Waals surface area contributed by atoms with Crippen molar-refractivity contribution < 1.29 is 0 Å². The Morgan fingerprint density at radius 1 is 0.286 bits per heavy atom. The molecule has 0 spiro atoms. The van der Waals surface area contributed by atoms with Crippen LogP contribution in [0.2, 0.25) is 0 Å². The second-order valence-corrected chi connectivity index (χ2v) is 14.2. The summed E-state index contributed by atoms with van der Waals surface area (Å²) in [6.07, 6.45) is 0. The molecule has 10 rings (SSSR count). The Morgan fingerprint density at radius 2 is 0.821 bits per heavy atom. The summed E-state index contributed by atoms with van der Waals surface area (Å²) < 4.78 is 2.40. The summed E-state index contributed by atoms with van der Waals surface area (Å²) in [6, 6.07) is 83.2. The van der Waals surface area contributed by atoms with Gasteiger partial charge >= 0.3 is 0 Å². The first kappa shape index (κ1) is 33.2. The Balaban J connectivity index is 1.27. The predicted molar refractivity (Wildman–Crippen MR) is 237 cm³/mol. The maximum absolute atomic E-state index is 2.48. The van der Waals surface area contributed by atoms with Crippen LogP contribution in [0.25, 0.3) is 72.0 Å². The zero-order valence-corrected chi connectivity index (χ0v) is 30.8. The molecule has 2 nitrogen and oxygen atoms in total. The van der Waals surface area contributed by atoms with Gasteiger partial charge in [0.05, 0.1) is 22.4 Å². The van der Waals surface area contributed by atoms with Crippen molar-refractivity contribution in [1.29, 1.82) is 0 Å². The monoisotopic (exact) mass is 714 g/mol. The lowest BCUT2D eigenvalue weighted by molar-refractivity contribution is 1.18. The predicted octanol–water partition coefficient (Wildman–Crippen LogP) is 14.9. The molecule has 0 aliphatic heterocycles. The highest BCUT2D eigenvalue weighted by Gasteiger charge is 2.23. The summed E-state index contributed by atoms with van der Waals surface area (Å²) in [5, 5.41) is 2.46. The van der Waals surface area contributed by atoms with Crippen molar-refractivity contribution in [2.75, 3.05) is 4.90 Å². The highest BCUT2D eigenvalue weighted by molar-refractivity contribution is 6.11. The molecule has 0 aliphatic rings. The van der Waals surface area contributed by atoms with Crippen LogP contribution >= 0.6 is 0 Å².